The monoisotopic (exact) mass is 361 g/mol. The Morgan fingerprint density at radius 2 is 2.29 bits per heavy atom. The van der Waals surface area contributed by atoms with Gasteiger partial charge in [0.25, 0.3) is 11.5 Å². The third-order valence-electron chi connectivity index (χ3n) is 3.43. The molecule has 3 aromatic heterocycles. The van der Waals surface area contributed by atoms with Crippen molar-refractivity contribution in [2.24, 2.45) is 0 Å². The summed E-state index contributed by atoms with van der Waals surface area (Å²) in [5.74, 6) is 0.750. The molecule has 10 heteroatoms. The van der Waals surface area contributed by atoms with E-state index in [2.05, 4.69) is 15.1 Å². The van der Waals surface area contributed by atoms with E-state index in [1.165, 1.54) is 38.6 Å². The SMILES string of the molecule is CSc1nn2c(=O)cc(CN3C(=O)COc4cccnc43)nc2s1. The number of carbonyl (C=O) groups excluding carboxylic acids is 1. The number of amides is 1. The first-order valence-electron chi connectivity index (χ1n) is 6.97. The maximum absolute atomic E-state index is 12.2. The van der Waals surface area contributed by atoms with Gasteiger partial charge in [0.15, 0.2) is 22.5 Å². The summed E-state index contributed by atoms with van der Waals surface area (Å²) in [6.07, 6.45) is 3.48. The summed E-state index contributed by atoms with van der Waals surface area (Å²) in [7, 11) is 0. The zero-order valence-corrected chi connectivity index (χ0v) is 14.1. The lowest BCUT2D eigenvalue weighted by Crippen LogP contribution is -2.39. The average Bonchev–Trinajstić information content (AvgIpc) is 3.01. The minimum Gasteiger partial charge on any atom is -0.480 e. The normalized spacial score (nSPS) is 13.9. The Balaban J connectivity index is 1.74. The van der Waals surface area contributed by atoms with Crippen LogP contribution >= 0.6 is 23.1 Å². The second-order valence-corrected chi connectivity index (χ2v) is 6.96. The van der Waals surface area contributed by atoms with Gasteiger partial charge in [0, 0.05) is 12.3 Å². The molecule has 0 bridgehead atoms. The second-order valence-electron chi connectivity index (χ2n) is 4.95. The van der Waals surface area contributed by atoms with Crippen LogP contribution in [0.15, 0.2) is 33.5 Å². The summed E-state index contributed by atoms with van der Waals surface area (Å²) in [5.41, 5.74) is 0.219. The van der Waals surface area contributed by atoms with Crippen molar-refractivity contribution in [3.05, 3.63) is 40.4 Å². The highest BCUT2D eigenvalue weighted by Gasteiger charge is 2.27. The molecule has 8 nitrogen and oxygen atoms in total. The lowest BCUT2D eigenvalue weighted by atomic mass is 10.3. The average molecular weight is 361 g/mol. The molecule has 0 spiro atoms. The fraction of sp³-hybridized carbons (Fsp3) is 0.214. The van der Waals surface area contributed by atoms with Crippen molar-refractivity contribution in [1.82, 2.24) is 19.6 Å². The molecule has 4 heterocycles. The summed E-state index contributed by atoms with van der Waals surface area (Å²) in [6.45, 7) is 0.0988. The van der Waals surface area contributed by atoms with Crippen LogP contribution in [0.3, 0.4) is 0 Å². The Bertz CT molecular complexity index is 999. The Morgan fingerprint density at radius 3 is 3.12 bits per heavy atom. The Kier molecular flexibility index (Phi) is 3.69. The van der Waals surface area contributed by atoms with Crippen molar-refractivity contribution in [3.63, 3.8) is 0 Å². The van der Waals surface area contributed by atoms with Crippen LogP contribution in [0.4, 0.5) is 5.82 Å². The molecule has 0 N–H and O–H groups in total. The number of rotatable bonds is 3. The van der Waals surface area contributed by atoms with E-state index in [9.17, 15) is 9.59 Å². The van der Waals surface area contributed by atoms with Crippen LogP contribution in [0.25, 0.3) is 4.96 Å². The molecule has 0 saturated carbocycles. The maximum Gasteiger partial charge on any atom is 0.275 e. The highest BCUT2D eigenvalue weighted by atomic mass is 32.2. The number of anilines is 1. The molecule has 4 rings (SSSR count). The Morgan fingerprint density at radius 1 is 1.42 bits per heavy atom. The van der Waals surface area contributed by atoms with Gasteiger partial charge in [-0.2, -0.15) is 4.52 Å². The highest BCUT2D eigenvalue weighted by Crippen LogP contribution is 2.30. The highest BCUT2D eigenvalue weighted by molar-refractivity contribution is 8.00. The zero-order valence-electron chi connectivity index (χ0n) is 12.5. The van der Waals surface area contributed by atoms with E-state index >= 15 is 0 Å². The van der Waals surface area contributed by atoms with Gasteiger partial charge < -0.3 is 4.74 Å². The number of nitrogens with zero attached hydrogens (tertiary/aromatic N) is 5. The number of ether oxygens (including phenoxy) is 1. The van der Waals surface area contributed by atoms with Crippen LogP contribution < -0.4 is 15.2 Å². The zero-order chi connectivity index (χ0) is 16.7. The Labute approximate surface area is 144 Å². The van der Waals surface area contributed by atoms with Gasteiger partial charge in [0.05, 0.1) is 12.2 Å². The van der Waals surface area contributed by atoms with Gasteiger partial charge in [-0.1, -0.05) is 23.1 Å². The van der Waals surface area contributed by atoms with E-state index in [0.29, 0.717) is 22.2 Å². The molecule has 0 radical (unpaired) electrons. The van der Waals surface area contributed by atoms with Crippen molar-refractivity contribution in [2.75, 3.05) is 17.8 Å². The fourth-order valence-corrected chi connectivity index (χ4v) is 3.74. The first kappa shape index (κ1) is 15.1. The quantitative estimate of drug-likeness (QED) is 0.647. The van der Waals surface area contributed by atoms with Gasteiger partial charge in [0.1, 0.15) is 0 Å². The van der Waals surface area contributed by atoms with Crippen molar-refractivity contribution in [2.45, 2.75) is 10.9 Å². The smallest absolute Gasteiger partial charge is 0.275 e. The number of aromatic nitrogens is 4. The van der Waals surface area contributed by atoms with Crippen LogP contribution in [-0.4, -0.2) is 38.4 Å². The molecule has 0 unspecified atom stereocenters. The number of hydrogen-bond donors (Lipinski definition) is 0. The largest absolute Gasteiger partial charge is 0.480 e. The van der Waals surface area contributed by atoms with Crippen LogP contribution in [-0.2, 0) is 11.3 Å². The van der Waals surface area contributed by atoms with Crippen molar-refractivity contribution < 1.29 is 9.53 Å². The topological polar surface area (TPSA) is 89.7 Å². The van der Waals surface area contributed by atoms with E-state index < -0.39 is 0 Å². The van der Waals surface area contributed by atoms with E-state index in [-0.39, 0.29) is 24.6 Å². The molecule has 1 amide bonds. The van der Waals surface area contributed by atoms with E-state index in [4.69, 9.17) is 4.74 Å². The molecular formula is C14H11N5O3S2. The summed E-state index contributed by atoms with van der Waals surface area (Å²) in [5, 5.41) is 4.18. The molecular weight excluding hydrogens is 350 g/mol. The number of hydrogen-bond acceptors (Lipinski definition) is 8. The molecule has 0 fully saturated rings. The summed E-state index contributed by atoms with van der Waals surface area (Å²) in [4.78, 5) is 35.0. The van der Waals surface area contributed by atoms with E-state index in [1.807, 2.05) is 6.26 Å². The van der Waals surface area contributed by atoms with Gasteiger partial charge >= 0.3 is 0 Å². The van der Waals surface area contributed by atoms with Gasteiger partial charge in [-0.3, -0.25) is 14.5 Å². The van der Waals surface area contributed by atoms with Crippen molar-refractivity contribution in [3.8, 4) is 5.75 Å². The van der Waals surface area contributed by atoms with E-state index in [1.54, 1.807) is 18.3 Å². The van der Waals surface area contributed by atoms with Crippen LogP contribution in [0.2, 0.25) is 0 Å². The molecule has 3 aromatic rings. The van der Waals surface area contributed by atoms with Crippen molar-refractivity contribution in [1.29, 1.82) is 0 Å². The van der Waals surface area contributed by atoms with Crippen molar-refractivity contribution >= 4 is 39.8 Å². The maximum atomic E-state index is 12.2. The molecule has 1 aliphatic heterocycles. The molecule has 0 saturated heterocycles. The summed E-state index contributed by atoms with van der Waals surface area (Å²) < 4.78 is 7.39. The lowest BCUT2D eigenvalue weighted by molar-refractivity contribution is -0.121. The number of thioether (sulfide) groups is 1. The predicted octanol–water partition coefficient (Wildman–Crippen LogP) is 1.19. The lowest BCUT2D eigenvalue weighted by Gasteiger charge is -2.27. The number of pyridine rings is 1. The molecule has 24 heavy (non-hydrogen) atoms. The first-order valence-corrected chi connectivity index (χ1v) is 9.02. The number of fused-ring (bicyclic) bond motifs is 2. The minimum absolute atomic E-state index is 0.0584. The van der Waals surface area contributed by atoms with E-state index in [0.717, 1.165) is 4.34 Å². The second kappa shape index (κ2) is 5.87. The van der Waals surface area contributed by atoms with Gasteiger partial charge in [-0.05, 0) is 18.4 Å². The van der Waals surface area contributed by atoms with Crippen LogP contribution in [0.5, 0.6) is 5.75 Å². The summed E-state index contributed by atoms with van der Waals surface area (Å²) >= 11 is 2.79. The van der Waals surface area contributed by atoms with Crippen LogP contribution in [0.1, 0.15) is 5.69 Å². The molecule has 0 aromatic carbocycles. The predicted molar refractivity (Wildman–Crippen MR) is 89.8 cm³/mol. The van der Waals surface area contributed by atoms with Gasteiger partial charge in [-0.25, -0.2) is 9.97 Å². The molecule has 0 aliphatic carbocycles. The summed E-state index contributed by atoms with van der Waals surface area (Å²) in [6, 6.07) is 4.88. The fourth-order valence-electron chi connectivity index (χ4n) is 2.36. The molecule has 0 atom stereocenters. The third-order valence-corrected chi connectivity index (χ3v) is 5.32. The third kappa shape index (κ3) is 2.53. The standard InChI is InChI=1S/C14H11N5O3S2/c1-23-14-17-19-10(20)5-8(16-13(19)24-14)6-18-11(21)7-22-9-3-2-4-15-12(9)18/h2-5H,6-7H2,1H3. The van der Waals surface area contributed by atoms with Gasteiger partial charge in [0.2, 0.25) is 4.96 Å². The van der Waals surface area contributed by atoms with Gasteiger partial charge in [-0.15, -0.1) is 5.10 Å². The minimum atomic E-state index is -0.270. The molecule has 1 aliphatic rings. The van der Waals surface area contributed by atoms with Crippen LogP contribution in [0, 0.1) is 0 Å². The Hall–Kier alpha value is -2.46. The number of carbonyl (C=O) groups is 1. The first-order chi connectivity index (χ1) is 11.7. The molecule has 122 valence electrons.